The summed E-state index contributed by atoms with van der Waals surface area (Å²) < 4.78 is 7.54. The Morgan fingerprint density at radius 1 is 1.19 bits per heavy atom. The monoisotopic (exact) mass is 498 g/mol. The second-order valence-electron chi connectivity index (χ2n) is 9.40. The smallest absolute Gasteiger partial charge is 0.319 e. The number of aliphatic hydroxyl groups excluding tert-OH is 2. The number of aromatic nitrogens is 4. The highest BCUT2D eigenvalue weighted by atomic mass is 16.6. The highest BCUT2D eigenvalue weighted by Gasteiger charge is 2.44. The number of urea groups is 1. The minimum atomic E-state index is -1.16. The van der Waals surface area contributed by atoms with E-state index in [1.807, 2.05) is 36.2 Å². The molecule has 0 bridgehead atoms. The predicted octanol–water partition coefficient (Wildman–Crippen LogP) is 1.29. The fraction of sp³-hybridized carbons (Fsp3) is 0.500. The van der Waals surface area contributed by atoms with Gasteiger partial charge in [-0.05, 0) is 43.6 Å². The molecule has 0 unspecified atom stereocenters. The lowest BCUT2D eigenvalue weighted by Crippen LogP contribution is -2.39. The number of ether oxygens (including phenoxy) is 1. The summed E-state index contributed by atoms with van der Waals surface area (Å²) in [5.41, 5.74) is 8.63. The molecule has 3 aromatic rings. The zero-order chi connectivity index (χ0) is 25.8. The lowest BCUT2D eigenvalue weighted by Gasteiger charge is -2.22. The molecule has 194 valence electrons. The Kier molecular flexibility index (Phi) is 7.99. The van der Waals surface area contributed by atoms with E-state index < -0.39 is 24.5 Å². The molecule has 4 rings (SSSR count). The average molecular weight is 499 g/mol. The van der Waals surface area contributed by atoms with E-state index in [2.05, 4.69) is 39.4 Å². The number of aliphatic hydroxyl groups is 2. The van der Waals surface area contributed by atoms with Crippen molar-refractivity contribution in [3.63, 3.8) is 0 Å². The predicted molar refractivity (Wildman–Crippen MR) is 135 cm³/mol. The number of anilines is 2. The van der Waals surface area contributed by atoms with Crippen LogP contribution in [-0.2, 0) is 4.74 Å². The van der Waals surface area contributed by atoms with E-state index in [0.29, 0.717) is 43.1 Å². The van der Waals surface area contributed by atoms with Crippen LogP contribution in [0.3, 0.4) is 0 Å². The number of likely N-dealkylation sites (N-methyl/N-ethyl adjacent to an activating group) is 1. The number of nitrogens with two attached hydrogens (primary N) is 1. The zero-order valence-corrected chi connectivity index (χ0v) is 20.7. The SMILES string of the molecule is CC(C)c1ccc(NC(=O)NCCCN(C)C[C@H]2O[C@@H](n3cnc4c(N)ncnc43)[C@H](O)[C@@H]2O)cc1. The summed E-state index contributed by atoms with van der Waals surface area (Å²) in [4.78, 5) is 26.4. The lowest BCUT2D eigenvalue weighted by atomic mass is 10.0. The molecule has 1 aliphatic rings. The molecule has 0 saturated carbocycles. The Balaban J connectivity index is 1.22. The molecule has 6 N–H and O–H groups in total. The quantitative estimate of drug-likeness (QED) is 0.274. The molecule has 2 aromatic heterocycles. The van der Waals surface area contributed by atoms with Crippen molar-refractivity contribution in [2.24, 2.45) is 0 Å². The topological polar surface area (TPSA) is 164 Å². The van der Waals surface area contributed by atoms with Crippen LogP contribution in [0.5, 0.6) is 0 Å². The fourth-order valence-electron chi connectivity index (χ4n) is 4.24. The number of amides is 2. The Morgan fingerprint density at radius 2 is 1.94 bits per heavy atom. The van der Waals surface area contributed by atoms with E-state index in [1.165, 1.54) is 18.2 Å². The van der Waals surface area contributed by atoms with Crippen LogP contribution in [0.4, 0.5) is 16.3 Å². The number of hydrogen-bond acceptors (Lipinski definition) is 9. The summed E-state index contributed by atoms with van der Waals surface area (Å²) in [6.07, 6.45) is -0.216. The molecule has 0 radical (unpaired) electrons. The minimum Gasteiger partial charge on any atom is -0.387 e. The molecule has 36 heavy (non-hydrogen) atoms. The highest BCUT2D eigenvalue weighted by Crippen LogP contribution is 2.32. The van der Waals surface area contributed by atoms with E-state index in [9.17, 15) is 15.0 Å². The number of benzene rings is 1. The number of nitrogen functional groups attached to an aromatic ring is 1. The van der Waals surface area contributed by atoms with E-state index in [1.54, 1.807) is 4.57 Å². The van der Waals surface area contributed by atoms with Gasteiger partial charge in [0.05, 0.1) is 6.33 Å². The van der Waals surface area contributed by atoms with Gasteiger partial charge in [-0.15, -0.1) is 0 Å². The molecule has 2 amide bonds. The van der Waals surface area contributed by atoms with Gasteiger partial charge in [-0.1, -0.05) is 26.0 Å². The highest BCUT2D eigenvalue weighted by molar-refractivity contribution is 5.89. The third kappa shape index (κ3) is 5.73. The minimum absolute atomic E-state index is 0.231. The molecular weight excluding hydrogens is 464 g/mol. The number of hydrogen-bond donors (Lipinski definition) is 5. The van der Waals surface area contributed by atoms with Crippen LogP contribution in [0.2, 0.25) is 0 Å². The number of nitrogens with zero attached hydrogens (tertiary/aromatic N) is 5. The maximum absolute atomic E-state index is 12.2. The summed E-state index contributed by atoms with van der Waals surface area (Å²) in [6.45, 7) is 5.79. The van der Waals surface area contributed by atoms with Crippen LogP contribution in [0.15, 0.2) is 36.9 Å². The molecular formula is C24H34N8O4. The number of nitrogens with one attached hydrogen (secondary N) is 2. The first-order valence-corrected chi connectivity index (χ1v) is 12.0. The first-order chi connectivity index (χ1) is 17.2. The van der Waals surface area contributed by atoms with E-state index in [-0.39, 0.29) is 11.8 Å². The maximum atomic E-state index is 12.2. The van der Waals surface area contributed by atoms with Gasteiger partial charge >= 0.3 is 6.03 Å². The first-order valence-electron chi connectivity index (χ1n) is 12.0. The van der Waals surface area contributed by atoms with E-state index in [0.717, 1.165) is 5.69 Å². The number of rotatable bonds is 9. The molecule has 12 heteroatoms. The van der Waals surface area contributed by atoms with Gasteiger partial charge in [0.1, 0.15) is 30.2 Å². The normalized spacial score (nSPS) is 22.0. The summed E-state index contributed by atoms with van der Waals surface area (Å²) >= 11 is 0. The first kappa shape index (κ1) is 25.8. The molecule has 3 heterocycles. The third-order valence-corrected chi connectivity index (χ3v) is 6.33. The van der Waals surface area contributed by atoms with Crippen molar-refractivity contribution in [2.45, 2.75) is 50.7 Å². The van der Waals surface area contributed by atoms with Crippen molar-refractivity contribution in [1.29, 1.82) is 0 Å². The van der Waals surface area contributed by atoms with Crippen molar-refractivity contribution in [2.75, 3.05) is 37.7 Å². The molecule has 1 saturated heterocycles. The lowest BCUT2D eigenvalue weighted by molar-refractivity contribution is -0.0421. The van der Waals surface area contributed by atoms with Gasteiger partial charge in [0, 0.05) is 18.8 Å². The van der Waals surface area contributed by atoms with Crippen LogP contribution in [0.25, 0.3) is 11.2 Å². The van der Waals surface area contributed by atoms with E-state index >= 15 is 0 Å². The molecule has 0 spiro atoms. The maximum Gasteiger partial charge on any atom is 0.319 e. The summed E-state index contributed by atoms with van der Waals surface area (Å²) in [6, 6.07) is 7.55. The zero-order valence-electron chi connectivity index (χ0n) is 20.7. The average Bonchev–Trinajstić information content (AvgIpc) is 3.39. The van der Waals surface area contributed by atoms with Crippen molar-refractivity contribution in [3.8, 4) is 0 Å². The number of imidazole rings is 1. The van der Waals surface area contributed by atoms with Crippen LogP contribution >= 0.6 is 0 Å². The van der Waals surface area contributed by atoms with Crippen LogP contribution in [0.1, 0.15) is 38.0 Å². The van der Waals surface area contributed by atoms with Gasteiger partial charge in [-0.2, -0.15) is 0 Å². The molecule has 0 aliphatic carbocycles. The standard InChI is InChI=1S/C24H34N8O4/c1-14(2)15-5-7-16(8-6-15)30-24(35)26-9-4-10-31(3)11-17-19(33)20(34)23(36-17)32-13-29-18-21(25)27-12-28-22(18)32/h5-8,12-14,17,19-20,23,33-34H,4,9-11H2,1-3H3,(H2,25,27,28)(H2,26,30,35)/t17-,19-,20-,23-/m1/s1. The Hall–Kier alpha value is -3.32. The largest absolute Gasteiger partial charge is 0.387 e. The van der Waals surface area contributed by atoms with Gasteiger partial charge < -0.3 is 36.2 Å². The van der Waals surface area contributed by atoms with Gasteiger partial charge in [0.25, 0.3) is 0 Å². The number of carbonyl (C=O) groups excluding carboxylic acids is 1. The van der Waals surface area contributed by atoms with Crippen LogP contribution in [0, 0.1) is 0 Å². The van der Waals surface area contributed by atoms with Gasteiger partial charge in [-0.25, -0.2) is 19.7 Å². The molecule has 1 aromatic carbocycles. The van der Waals surface area contributed by atoms with Gasteiger partial charge in [-0.3, -0.25) is 4.57 Å². The molecule has 1 aliphatic heterocycles. The second-order valence-corrected chi connectivity index (χ2v) is 9.40. The third-order valence-electron chi connectivity index (χ3n) is 6.33. The number of fused-ring (bicyclic) bond motifs is 1. The Bertz CT molecular complexity index is 1170. The molecule has 4 atom stereocenters. The second kappa shape index (κ2) is 11.2. The van der Waals surface area contributed by atoms with Crippen molar-refractivity contribution in [1.82, 2.24) is 29.7 Å². The summed E-state index contributed by atoms with van der Waals surface area (Å²) in [5.74, 6) is 0.670. The Labute approximate surface area is 209 Å². The summed E-state index contributed by atoms with van der Waals surface area (Å²) in [5, 5.41) is 26.9. The van der Waals surface area contributed by atoms with Crippen molar-refractivity contribution < 1.29 is 19.7 Å². The van der Waals surface area contributed by atoms with Crippen molar-refractivity contribution >= 4 is 28.7 Å². The molecule has 12 nitrogen and oxygen atoms in total. The van der Waals surface area contributed by atoms with Crippen molar-refractivity contribution in [3.05, 3.63) is 42.5 Å². The Morgan fingerprint density at radius 3 is 2.67 bits per heavy atom. The fourth-order valence-corrected chi connectivity index (χ4v) is 4.24. The van der Waals surface area contributed by atoms with Gasteiger partial charge in [0.15, 0.2) is 17.7 Å². The van der Waals surface area contributed by atoms with Gasteiger partial charge in [0.2, 0.25) is 0 Å². The van der Waals surface area contributed by atoms with Crippen LogP contribution < -0.4 is 16.4 Å². The van der Waals surface area contributed by atoms with E-state index in [4.69, 9.17) is 10.5 Å². The number of carbonyl (C=O) groups is 1. The summed E-state index contributed by atoms with van der Waals surface area (Å²) in [7, 11) is 1.90. The molecule has 1 fully saturated rings. The van der Waals surface area contributed by atoms with Crippen LogP contribution in [-0.4, -0.2) is 85.7 Å².